The summed E-state index contributed by atoms with van der Waals surface area (Å²) >= 11 is 0. The average molecular weight is 139 g/mol. The van der Waals surface area contributed by atoms with Crippen LogP contribution in [0.5, 0.6) is 0 Å². The van der Waals surface area contributed by atoms with Crippen LogP contribution in [0.2, 0.25) is 0 Å². The summed E-state index contributed by atoms with van der Waals surface area (Å²) in [6, 6.07) is 6.11. The third-order valence-electron chi connectivity index (χ3n) is 1.26. The molecule has 1 rings (SSSR count). The fourth-order valence-electron chi connectivity index (χ4n) is 0.755. The molecule has 0 aliphatic carbocycles. The van der Waals surface area contributed by atoms with Crippen LogP contribution in [0.1, 0.15) is 12.5 Å². The van der Waals surface area contributed by atoms with Gasteiger partial charge < -0.3 is 5.11 Å². The Bertz CT molecular complexity index is 220. The fourth-order valence-corrected chi connectivity index (χ4v) is 0.755. The zero-order valence-corrected chi connectivity index (χ0v) is 5.63. The number of aliphatic hydroxyl groups excluding tert-OH is 1. The molecule has 0 spiro atoms. The molecule has 0 aliphatic rings. The lowest BCUT2D eigenvalue weighted by atomic mass is 10.1. The Morgan fingerprint density at radius 3 is 2.40 bits per heavy atom. The Labute approximate surface area is 59.1 Å². The van der Waals surface area contributed by atoms with Crippen molar-refractivity contribution in [3.05, 3.63) is 41.8 Å². The highest BCUT2D eigenvalue weighted by Crippen LogP contribution is 2.13. The lowest BCUT2D eigenvalue weighted by molar-refractivity contribution is 0.334. The molecule has 2 heteroatoms. The van der Waals surface area contributed by atoms with E-state index in [1.807, 2.05) is 0 Å². The SMILES string of the molecule is C[C](O)c1ccccc1F. The summed E-state index contributed by atoms with van der Waals surface area (Å²) in [4.78, 5) is 0. The summed E-state index contributed by atoms with van der Waals surface area (Å²) < 4.78 is 12.7. The van der Waals surface area contributed by atoms with Gasteiger partial charge in [0.05, 0.1) is 0 Å². The van der Waals surface area contributed by atoms with E-state index in [2.05, 4.69) is 0 Å². The molecule has 1 N–H and O–H groups in total. The highest BCUT2D eigenvalue weighted by Gasteiger charge is 2.05. The van der Waals surface area contributed by atoms with E-state index in [0.717, 1.165) is 0 Å². The van der Waals surface area contributed by atoms with Gasteiger partial charge in [-0.25, -0.2) is 4.39 Å². The maximum atomic E-state index is 12.7. The van der Waals surface area contributed by atoms with Crippen molar-refractivity contribution in [3.63, 3.8) is 0 Å². The van der Waals surface area contributed by atoms with Crippen LogP contribution < -0.4 is 0 Å². The van der Waals surface area contributed by atoms with Crippen LogP contribution in [0.3, 0.4) is 0 Å². The van der Waals surface area contributed by atoms with Crippen LogP contribution in [0, 0.1) is 11.9 Å². The van der Waals surface area contributed by atoms with Crippen LogP contribution in [0.15, 0.2) is 24.3 Å². The Morgan fingerprint density at radius 2 is 2.00 bits per heavy atom. The second kappa shape index (κ2) is 2.80. The number of benzene rings is 1. The highest BCUT2D eigenvalue weighted by molar-refractivity contribution is 5.26. The van der Waals surface area contributed by atoms with Gasteiger partial charge in [0.25, 0.3) is 0 Å². The zero-order chi connectivity index (χ0) is 7.56. The summed E-state index contributed by atoms with van der Waals surface area (Å²) in [5.74, 6) is -0.387. The minimum Gasteiger partial charge on any atom is -0.382 e. The molecular weight excluding hydrogens is 131 g/mol. The number of rotatable bonds is 1. The summed E-state index contributed by atoms with van der Waals surface area (Å²) in [5, 5.41) is 8.88. The molecule has 1 aromatic carbocycles. The number of halogens is 1. The van der Waals surface area contributed by atoms with Crippen molar-refractivity contribution in [1.29, 1.82) is 0 Å². The van der Waals surface area contributed by atoms with Crippen LogP contribution >= 0.6 is 0 Å². The van der Waals surface area contributed by atoms with E-state index in [4.69, 9.17) is 5.11 Å². The van der Waals surface area contributed by atoms with Crippen LogP contribution in [-0.4, -0.2) is 5.11 Å². The third-order valence-corrected chi connectivity index (χ3v) is 1.26. The molecule has 0 saturated carbocycles. The van der Waals surface area contributed by atoms with Gasteiger partial charge in [-0.05, 0) is 13.0 Å². The fraction of sp³-hybridized carbons (Fsp3) is 0.125. The first-order chi connectivity index (χ1) is 4.72. The summed E-state index contributed by atoms with van der Waals surface area (Å²) in [5.41, 5.74) is 0.266. The van der Waals surface area contributed by atoms with Gasteiger partial charge in [0.1, 0.15) is 11.9 Å². The first-order valence-electron chi connectivity index (χ1n) is 2.99. The lowest BCUT2D eigenvalue weighted by Gasteiger charge is -2.02. The monoisotopic (exact) mass is 139 g/mol. The molecule has 0 saturated heterocycles. The van der Waals surface area contributed by atoms with Gasteiger partial charge in [0.2, 0.25) is 0 Å². The predicted molar refractivity (Wildman–Crippen MR) is 36.4 cm³/mol. The van der Waals surface area contributed by atoms with Gasteiger partial charge in [-0.15, -0.1) is 0 Å². The molecule has 0 fully saturated rings. The minimum absolute atomic E-state index is 0.0121. The van der Waals surface area contributed by atoms with E-state index in [1.165, 1.54) is 19.1 Å². The molecule has 10 heavy (non-hydrogen) atoms. The second-order valence-corrected chi connectivity index (χ2v) is 2.07. The molecule has 53 valence electrons. The first-order valence-corrected chi connectivity index (χ1v) is 2.99. The molecule has 1 radical (unpaired) electrons. The molecule has 0 bridgehead atoms. The molecule has 0 atom stereocenters. The largest absolute Gasteiger partial charge is 0.382 e. The van der Waals surface area contributed by atoms with Gasteiger partial charge in [0.15, 0.2) is 0 Å². The van der Waals surface area contributed by atoms with Gasteiger partial charge in [-0.1, -0.05) is 18.2 Å². The maximum absolute atomic E-state index is 12.7. The lowest BCUT2D eigenvalue weighted by Crippen LogP contribution is -1.94. The zero-order valence-electron chi connectivity index (χ0n) is 5.63. The summed E-state index contributed by atoms with van der Waals surface area (Å²) in [7, 11) is 0. The van der Waals surface area contributed by atoms with E-state index in [9.17, 15) is 4.39 Å². The molecule has 0 unspecified atom stereocenters. The molecule has 1 aromatic rings. The van der Waals surface area contributed by atoms with E-state index in [1.54, 1.807) is 12.1 Å². The van der Waals surface area contributed by atoms with E-state index < -0.39 is 0 Å². The topological polar surface area (TPSA) is 20.2 Å². The Morgan fingerprint density at radius 1 is 1.40 bits per heavy atom. The van der Waals surface area contributed by atoms with Gasteiger partial charge in [-0.2, -0.15) is 0 Å². The standard InChI is InChI=1S/C8H8FO/c1-6(10)7-4-2-3-5-8(7)9/h2-5,10H,1H3. The van der Waals surface area contributed by atoms with E-state index in [0.29, 0.717) is 0 Å². The van der Waals surface area contributed by atoms with Crippen LogP contribution in [0.4, 0.5) is 4.39 Å². The normalized spacial score (nSPS) is 10.4. The molecule has 0 amide bonds. The van der Waals surface area contributed by atoms with E-state index >= 15 is 0 Å². The van der Waals surface area contributed by atoms with Crippen LogP contribution in [0.25, 0.3) is 0 Å². The van der Waals surface area contributed by atoms with Crippen LogP contribution in [-0.2, 0) is 0 Å². The molecule has 0 heterocycles. The van der Waals surface area contributed by atoms with Crippen molar-refractivity contribution in [3.8, 4) is 0 Å². The number of hydrogen-bond acceptors (Lipinski definition) is 1. The van der Waals surface area contributed by atoms with Gasteiger partial charge in [0, 0.05) is 5.56 Å². The minimum atomic E-state index is -0.387. The summed E-state index contributed by atoms with van der Waals surface area (Å²) in [6.45, 7) is 1.46. The second-order valence-electron chi connectivity index (χ2n) is 2.07. The van der Waals surface area contributed by atoms with Crippen molar-refractivity contribution in [2.75, 3.05) is 0 Å². The van der Waals surface area contributed by atoms with Crippen molar-refractivity contribution >= 4 is 0 Å². The Hall–Kier alpha value is -0.890. The van der Waals surface area contributed by atoms with Gasteiger partial charge >= 0.3 is 0 Å². The van der Waals surface area contributed by atoms with Gasteiger partial charge in [-0.3, -0.25) is 0 Å². The average Bonchev–Trinajstić information content (AvgIpc) is 1.88. The van der Waals surface area contributed by atoms with Crippen molar-refractivity contribution in [2.45, 2.75) is 6.92 Å². The molecule has 1 nitrogen and oxygen atoms in total. The van der Waals surface area contributed by atoms with Crippen molar-refractivity contribution in [1.82, 2.24) is 0 Å². The number of hydrogen-bond donors (Lipinski definition) is 1. The Balaban J connectivity index is 3.03. The molecular formula is C8H8FO. The first kappa shape index (κ1) is 7.22. The van der Waals surface area contributed by atoms with E-state index in [-0.39, 0.29) is 17.5 Å². The smallest absolute Gasteiger partial charge is 0.129 e. The predicted octanol–water partition coefficient (Wildman–Crippen LogP) is 2.10. The number of aliphatic hydroxyl groups is 1. The highest BCUT2D eigenvalue weighted by atomic mass is 19.1. The third kappa shape index (κ3) is 1.33. The molecule has 0 aliphatic heterocycles. The quantitative estimate of drug-likeness (QED) is 0.631. The summed E-state index contributed by atoms with van der Waals surface area (Å²) in [6.07, 6.45) is 0.0121. The Kier molecular flexibility index (Phi) is 2.02. The van der Waals surface area contributed by atoms with Crippen molar-refractivity contribution in [2.24, 2.45) is 0 Å². The molecule has 0 aromatic heterocycles. The maximum Gasteiger partial charge on any atom is 0.129 e. The van der Waals surface area contributed by atoms with Crippen molar-refractivity contribution < 1.29 is 9.50 Å².